The Morgan fingerprint density at radius 1 is 0.727 bits per heavy atom. The molecule has 0 bridgehead atoms. The Morgan fingerprint density at radius 3 is 1.64 bits per heavy atom. The molecule has 0 heterocycles. The van der Waals surface area contributed by atoms with Gasteiger partial charge in [0.2, 0.25) is 0 Å². The van der Waals surface area contributed by atoms with Crippen molar-refractivity contribution in [3.63, 3.8) is 0 Å². The first-order chi connectivity index (χ1) is 16.0. The Bertz CT molecular complexity index is 839. The molecule has 8 heteroatoms. The van der Waals surface area contributed by atoms with Crippen molar-refractivity contribution in [2.24, 2.45) is 0 Å². The molecule has 2 aromatic carbocycles. The van der Waals surface area contributed by atoms with E-state index in [1.54, 1.807) is 48.5 Å². The van der Waals surface area contributed by atoms with E-state index >= 15 is 0 Å². The van der Waals surface area contributed by atoms with Crippen LogP contribution in [0.15, 0.2) is 48.5 Å². The summed E-state index contributed by atoms with van der Waals surface area (Å²) in [5.41, 5.74) is 1.04. The van der Waals surface area contributed by atoms with Gasteiger partial charge in [0.05, 0.1) is 13.2 Å². The van der Waals surface area contributed by atoms with Crippen LogP contribution in [0.3, 0.4) is 0 Å². The van der Waals surface area contributed by atoms with Crippen LogP contribution in [0, 0.1) is 0 Å². The summed E-state index contributed by atoms with van der Waals surface area (Å²) < 4.78 is 21.5. The molecule has 0 radical (unpaired) electrons. The average Bonchev–Trinajstić information content (AvgIpc) is 2.84. The fraction of sp³-hybridized carbons (Fsp3) is 0.440. The zero-order valence-electron chi connectivity index (χ0n) is 19.6. The molecule has 8 nitrogen and oxygen atoms in total. The van der Waals surface area contributed by atoms with Gasteiger partial charge in [0.1, 0.15) is 24.7 Å². The van der Waals surface area contributed by atoms with Crippen molar-refractivity contribution in [1.29, 1.82) is 0 Å². The minimum absolute atomic E-state index is 0.217. The molecule has 2 amide bonds. The molecular weight excluding hydrogens is 424 g/mol. The van der Waals surface area contributed by atoms with E-state index in [0.29, 0.717) is 68.8 Å². The Balaban J connectivity index is 1.72. The molecule has 0 aromatic heterocycles. The summed E-state index contributed by atoms with van der Waals surface area (Å²) in [6, 6.07) is 13.6. The predicted octanol–water partition coefficient (Wildman–Crippen LogP) is 3.07. The van der Waals surface area contributed by atoms with Crippen LogP contribution in [0.4, 0.5) is 0 Å². The summed E-state index contributed by atoms with van der Waals surface area (Å²) in [6.45, 7) is 9.26. The summed E-state index contributed by atoms with van der Waals surface area (Å²) in [7, 11) is 0. The first-order valence-electron chi connectivity index (χ1n) is 11.2. The molecule has 2 aromatic rings. The van der Waals surface area contributed by atoms with E-state index in [0.717, 1.165) is 0 Å². The molecule has 2 rings (SSSR count). The monoisotopic (exact) mass is 458 g/mol. The average molecular weight is 459 g/mol. The second-order valence-corrected chi connectivity index (χ2v) is 7.22. The fourth-order valence-electron chi connectivity index (χ4n) is 2.84. The molecule has 1 unspecified atom stereocenters. The van der Waals surface area contributed by atoms with Crippen LogP contribution in [-0.2, 0) is 9.47 Å². The van der Waals surface area contributed by atoms with Crippen molar-refractivity contribution in [2.75, 3.05) is 46.2 Å². The van der Waals surface area contributed by atoms with Gasteiger partial charge in [-0.15, -0.1) is 0 Å². The lowest BCUT2D eigenvalue weighted by Crippen LogP contribution is -2.41. The number of nitrogens with one attached hydrogen (secondary N) is 2. The summed E-state index contributed by atoms with van der Waals surface area (Å²) in [5, 5.41) is 5.71. The Kier molecular flexibility index (Phi) is 11.8. The number of ether oxygens (including phenoxy) is 4. The van der Waals surface area contributed by atoms with Crippen molar-refractivity contribution in [2.45, 2.75) is 26.8 Å². The van der Waals surface area contributed by atoms with Crippen LogP contribution < -0.4 is 20.1 Å². The Morgan fingerprint density at radius 2 is 1.18 bits per heavy atom. The number of carbonyl (C=O) groups is 2. The van der Waals surface area contributed by atoms with Crippen LogP contribution in [0.2, 0.25) is 0 Å². The number of rotatable bonds is 15. The SMILES string of the molecule is CCOCCOc1ccc(C(=O)NCC(C)NC(=O)c2ccc(OCCOCC)cc2)cc1. The molecule has 0 saturated heterocycles. The molecule has 0 aliphatic rings. The highest BCUT2D eigenvalue weighted by atomic mass is 16.5. The third-order valence-corrected chi connectivity index (χ3v) is 4.58. The van der Waals surface area contributed by atoms with Crippen LogP contribution in [0.25, 0.3) is 0 Å². The lowest BCUT2D eigenvalue weighted by atomic mass is 10.2. The van der Waals surface area contributed by atoms with Crippen LogP contribution in [-0.4, -0.2) is 64.0 Å². The summed E-state index contributed by atoms with van der Waals surface area (Å²) >= 11 is 0. The van der Waals surface area contributed by atoms with Gasteiger partial charge in [-0.25, -0.2) is 0 Å². The van der Waals surface area contributed by atoms with Crippen molar-refractivity contribution in [1.82, 2.24) is 10.6 Å². The third-order valence-electron chi connectivity index (χ3n) is 4.58. The number of hydrogen-bond acceptors (Lipinski definition) is 6. The fourth-order valence-corrected chi connectivity index (χ4v) is 2.84. The minimum atomic E-state index is -0.246. The number of benzene rings is 2. The molecule has 0 aliphatic carbocycles. The second kappa shape index (κ2) is 14.9. The predicted molar refractivity (Wildman–Crippen MR) is 126 cm³/mol. The van der Waals surface area contributed by atoms with Gasteiger partial charge in [0, 0.05) is 36.9 Å². The summed E-state index contributed by atoms with van der Waals surface area (Å²) in [4.78, 5) is 24.8. The molecule has 0 fully saturated rings. The normalized spacial score (nSPS) is 11.5. The maximum Gasteiger partial charge on any atom is 0.251 e. The van der Waals surface area contributed by atoms with Gasteiger partial charge in [-0.05, 0) is 69.3 Å². The van der Waals surface area contributed by atoms with Gasteiger partial charge in [0.15, 0.2) is 0 Å². The first-order valence-corrected chi connectivity index (χ1v) is 11.2. The topological polar surface area (TPSA) is 95.1 Å². The van der Waals surface area contributed by atoms with Gasteiger partial charge in [-0.2, -0.15) is 0 Å². The highest BCUT2D eigenvalue weighted by molar-refractivity contribution is 5.95. The van der Waals surface area contributed by atoms with E-state index in [2.05, 4.69) is 10.6 Å². The van der Waals surface area contributed by atoms with E-state index in [-0.39, 0.29) is 17.9 Å². The maximum atomic E-state index is 12.4. The van der Waals surface area contributed by atoms with E-state index in [1.165, 1.54) is 0 Å². The van der Waals surface area contributed by atoms with Gasteiger partial charge in [0.25, 0.3) is 11.8 Å². The zero-order chi connectivity index (χ0) is 23.9. The molecule has 0 saturated carbocycles. The third kappa shape index (κ3) is 9.93. The molecule has 1 atom stereocenters. The van der Waals surface area contributed by atoms with Gasteiger partial charge in [-0.1, -0.05) is 0 Å². The lowest BCUT2D eigenvalue weighted by Gasteiger charge is -2.15. The van der Waals surface area contributed by atoms with Crippen molar-refractivity contribution in [3.8, 4) is 11.5 Å². The van der Waals surface area contributed by atoms with Crippen LogP contribution >= 0.6 is 0 Å². The van der Waals surface area contributed by atoms with Crippen molar-refractivity contribution < 1.29 is 28.5 Å². The Hall–Kier alpha value is -3.10. The van der Waals surface area contributed by atoms with Crippen LogP contribution in [0.5, 0.6) is 11.5 Å². The number of hydrogen-bond donors (Lipinski definition) is 2. The molecule has 0 aliphatic heterocycles. The highest BCUT2D eigenvalue weighted by Crippen LogP contribution is 2.13. The minimum Gasteiger partial charge on any atom is -0.491 e. The molecule has 180 valence electrons. The van der Waals surface area contributed by atoms with E-state index in [9.17, 15) is 9.59 Å². The molecular formula is C25H34N2O6. The lowest BCUT2D eigenvalue weighted by molar-refractivity contribution is 0.0912. The second-order valence-electron chi connectivity index (χ2n) is 7.22. The van der Waals surface area contributed by atoms with Gasteiger partial charge < -0.3 is 29.6 Å². The van der Waals surface area contributed by atoms with E-state index in [4.69, 9.17) is 18.9 Å². The van der Waals surface area contributed by atoms with Crippen molar-refractivity contribution in [3.05, 3.63) is 59.7 Å². The summed E-state index contributed by atoms with van der Waals surface area (Å²) in [6.07, 6.45) is 0. The van der Waals surface area contributed by atoms with Gasteiger partial charge in [-0.3, -0.25) is 9.59 Å². The first kappa shape index (κ1) is 26.2. The molecule has 2 N–H and O–H groups in total. The van der Waals surface area contributed by atoms with Crippen molar-refractivity contribution >= 4 is 11.8 Å². The summed E-state index contributed by atoms with van der Waals surface area (Å²) in [5.74, 6) is 0.923. The smallest absolute Gasteiger partial charge is 0.251 e. The Labute approximate surface area is 195 Å². The molecule has 33 heavy (non-hydrogen) atoms. The number of amides is 2. The quantitative estimate of drug-likeness (QED) is 0.399. The largest absolute Gasteiger partial charge is 0.491 e. The molecule has 0 spiro atoms. The highest BCUT2D eigenvalue weighted by Gasteiger charge is 2.12. The standard InChI is InChI=1S/C25H34N2O6/c1-4-30-14-16-32-22-10-6-20(7-11-22)24(28)26-18-19(3)27-25(29)21-8-12-23(13-9-21)33-17-15-31-5-2/h6-13,19H,4-5,14-18H2,1-3H3,(H,26,28)(H,27,29). The van der Waals surface area contributed by atoms with Crippen LogP contribution in [0.1, 0.15) is 41.5 Å². The zero-order valence-corrected chi connectivity index (χ0v) is 19.6. The number of carbonyl (C=O) groups excluding carboxylic acids is 2. The maximum absolute atomic E-state index is 12.4. The van der Waals surface area contributed by atoms with E-state index in [1.807, 2.05) is 20.8 Å². The van der Waals surface area contributed by atoms with E-state index < -0.39 is 0 Å². The van der Waals surface area contributed by atoms with Gasteiger partial charge >= 0.3 is 0 Å².